The molecule has 1 aliphatic heterocycles. The highest BCUT2D eigenvalue weighted by molar-refractivity contribution is 5.92. The van der Waals surface area contributed by atoms with E-state index in [9.17, 15) is 9.59 Å². The molecule has 6 rings (SSSR count). The minimum Gasteiger partial charge on any atom is -0.337 e. The van der Waals surface area contributed by atoms with Gasteiger partial charge < -0.3 is 9.88 Å². The maximum absolute atomic E-state index is 13.6. The van der Waals surface area contributed by atoms with Gasteiger partial charge in [-0.2, -0.15) is 0 Å². The molecule has 2 aromatic rings. The van der Waals surface area contributed by atoms with E-state index in [1.165, 1.54) is 50.3 Å². The molecule has 0 radical (unpaired) electrons. The quantitative estimate of drug-likeness (QED) is 0.623. The summed E-state index contributed by atoms with van der Waals surface area (Å²) in [6.45, 7) is 7.24. The zero-order valence-corrected chi connectivity index (χ0v) is 22.1. The number of hydrogen-bond acceptors (Lipinski definition) is 3. The molecule has 1 aromatic carbocycles. The minimum atomic E-state index is -0.219. The Kier molecular flexibility index (Phi) is 5.90. The number of nitrogens with zero attached hydrogens (tertiary/aromatic N) is 2. The molecule has 36 heavy (non-hydrogen) atoms. The molecule has 5 nitrogen and oxygen atoms in total. The van der Waals surface area contributed by atoms with E-state index < -0.39 is 0 Å². The monoisotopic (exact) mass is 487 g/mol. The van der Waals surface area contributed by atoms with Gasteiger partial charge in [0.15, 0.2) is 0 Å². The standard InChI is InChI=1S/C31H41N3O2/c1-4-23-8-5-6-9-24(23)31-18-19-34(20-22-12-13-22)21(2)30(31)16-14-25(31)27(15-17-30)33(3)29(36)26-10-7-11-28(35)32-26/h5-11,21-22,25,27H,4,12-20H2,1-3H3,(H,32,35). The van der Waals surface area contributed by atoms with Crippen molar-refractivity contribution in [3.05, 3.63) is 69.6 Å². The summed E-state index contributed by atoms with van der Waals surface area (Å²) in [6, 6.07) is 14.8. The fourth-order valence-electron chi connectivity index (χ4n) is 8.94. The van der Waals surface area contributed by atoms with Gasteiger partial charge in [-0.05, 0) is 99.3 Å². The zero-order valence-electron chi connectivity index (χ0n) is 22.1. The van der Waals surface area contributed by atoms with Gasteiger partial charge in [-0.3, -0.25) is 14.5 Å². The molecule has 1 aromatic heterocycles. The van der Waals surface area contributed by atoms with Crippen LogP contribution in [-0.2, 0) is 11.8 Å². The smallest absolute Gasteiger partial charge is 0.270 e. The van der Waals surface area contributed by atoms with Crippen LogP contribution in [0.25, 0.3) is 0 Å². The van der Waals surface area contributed by atoms with Gasteiger partial charge in [-0.15, -0.1) is 0 Å². The molecule has 2 heterocycles. The Morgan fingerprint density at radius 2 is 1.83 bits per heavy atom. The Morgan fingerprint density at radius 1 is 1.06 bits per heavy atom. The number of amides is 1. The van der Waals surface area contributed by atoms with E-state index in [-0.39, 0.29) is 28.3 Å². The first-order valence-corrected chi connectivity index (χ1v) is 14.2. The van der Waals surface area contributed by atoms with Crippen LogP contribution in [0.1, 0.15) is 80.4 Å². The Labute approximate surface area is 215 Å². The molecule has 5 unspecified atom stereocenters. The van der Waals surface area contributed by atoms with E-state index in [0.29, 0.717) is 17.7 Å². The second-order valence-electron chi connectivity index (χ2n) is 12.1. The van der Waals surface area contributed by atoms with Crippen molar-refractivity contribution >= 4 is 5.91 Å². The number of carbonyl (C=O) groups is 1. The van der Waals surface area contributed by atoms with Gasteiger partial charge in [0.2, 0.25) is 5.56 Å². The second kappa shape index (κ2) is 8.86. The van der Waals surface area contributed by atoms with Crippen LogP contribution in [0.15, 0.2) is 47.3 Å². The van der Waals surface area contributed by atoms with E-state index >= 15 is 0 Å². The van der Waals surface area contributed by atoms with Crippen LogP contribution in [-0.4, -0.2) is 52.9 Å². The largest absolute Gasteiger partial charge is 0.337 e. The number of hydrogen-bond donors (Lipinski definition) is 1. The lowest BCUT2D eigenvalue weighted by atomic mass is 9.46. The number of pyridine rings is 1. The third-order valence-electron chi connectivity index (χ3n) is 10.8. The minimum absolute atomic E-state index is 0.0600. The predicted octanol–water partition coefficient (Wildman–Crippen LogP) is 5.01. The van der Waals surface area contributed by atoms with Gasteiger partial charge in [0, 0.05) is 37.2 Å². The fraction of sp³-hybridized carbons (Fsp3) is 0.613. The molecule has 5 atom stereocenters. The summed E-state index contributed by atoms with van der Waals surface area (Å²) in [5, 5.41) is 0. The molecule has 4 fully saturated rings. The molecule has 1 N–H and O–H groups in total. The molecular weight excluding hydrogens is 446 g/mol. The molecule has 1 saturated heterocycles. The van der Waals surface area contributed by atoms with Crippen LogP contribution < -0.4 is 5.56 Å². The third kappa shape index (κ3) is 3.45. The van der Waals surface area contributed by atoms with E-state index in [1.807, 2.05) is 11.9 Å². The predicted molar refractivity (Wildman–Crippen MR) is 143 cm³/mol. The number of aromatic amines is 1. The van der Waals surface area contributed by atoms with Crippen molar-refractivity contribution < 1.29 is 4.79 Å². The number of H-pyrrole nitrogens is 1. The molecule has 1 amide bonds. The molecule has 2 bridgehead atoms. The Morgan fingerprint density at radius 3 is 2.58 bits per heavy atom. The lowest BCUT2D eigenvalue weighted by molar-refractivity contribution is -0.0892. The highest BCUT2D eigenvalue weighted by atomic mass is 16.2. The van der Waals surface area contributed by atoms with Crippen LogP contribution in [0.5, 0.6) is 0 Å². The van der Waals surface area contributed by atoms with Crippen LogP contribution in [0.2, 0.25) is 0 Å². The summed E-state index contributed by atoms with van der Waals surface area (Å²) in [7, 11) is 1.97. The Bertz CT molecular complexity index is 1200. The van der Waals surface area contributed by atoms with E-state index in [0.717, 1.165) is 31.7 Å². The lowest BCUT2D eigenvalue weighted by Crippen LogP contribution is -2.67. The van der Waals surface area contributed by atoms with Gasteiger partial charge in [-0.25, -0.2) is 0 Å². The number of rotatable bonds is 6. The first kappa shape index (κ1) is 24.0. The van der Waals surface area contributed by atoms with Crippen LogP contribution >= 0.6 is 0 Å². The van der Waals surface area contributed by atoms with E-state index in [2.05, 4.69) is 48.0 Å². The van der Waals surface area contributed by atoms with Gasteiger partial charge in [0.1, 0.15) is 5.69 Å². The molecule has 0 spiro atoms. The first-order valence-electron chi connectivity index (χ1n) is 14.2. The number of aryl methyl sites for hydroxylation is 1. The SMILES string of the molecule is CCc1ccccc1C12CCN(CC3CC3)C(C)C13CCC(N(C)C(=O)c1cccc(=O)[nH]1)C2CC3. The number of carbonyl (C=O) groups excluding carboxylic acids is 1. The maximum Gasteiger partial charge on any atom is 0.270 e. The Hall–Kier alpha value is -2.40. The average Bonchev–Trinajstić information content (AvgIpc) is 3.69. The number of benzene rings is 1. The van der Waals surface area contributed by atoms with Crippen molar-refractivity contribution in [3.8, 4) is 0 Å². The summed E-state index contributed by atoms with van der Waals surface area (Å²) < 4.78 is 0. The highest BCUT2D eigenvalue weighted by Gasteiger charge is 2.69. The first-order chi connectivity index (χ1) is 17.4. The fourth-order valence-corrected chi connectivity index (χ4v) is 8.94. The molecule has 5 heteroatoms. The van der Waals surface area contributed by atoms with E-state index in [4.69, 9.17) is 0 Å². The average molecular weight is 488 g/mol. The molecular formula is C31H41N3O2. The van der Waals surface area contributed by atoms with Crippen LogP contribution in [0, 0.1) is 17.3 Å². The third-order valence-corrected chi connectivity index (χ3v) is 10.8. The second-order valence-corrected chi connectivity index (χ2v) is 12.1. The summed E-state index contributed by atoms with van der Waals surface area (Å²) in [6.07, 6.45) is 9.67. The zero-order chi connectivity index (χ0) is 25.1. The summed E-state index contributed by atoms with van der Waals surface area (Å²) >= 11 is 0. The maximum atomic E-state index is 13.6. The van der Waals surface area contributed by atoms with Crippen molar-refractivity contribution in [2.45, 2.75) is 82.7 Å². The summed E-state index contributed by atoms with van der Waals surface area (Å²) in [4.78, 5) is 33.1. The summed E-state index contributed by atoms with van der Waals surface area (Å²) in [5.41, 5.74) is 3.58. The molecule has 3 saturated carbocycles. The molecule has 192 valence electrons. The normalized spacial score (nSPS) is 33.8. The highest BCUT2D eigenvalue weighted by Crippen LogP contribution is 2.70. The van der Waals surface area contributed by atoms with Crippen molar-refractivity contribution in [3.63, 3.8) is 0 Å². The van der Waals surface area contributed by atoms with Crippen molar-refractivity contribution in [2.75, 3.05) is 20.1 Å². The van der Waals surface area contributed by atoms with Crippen molar-refractivity contribution in [1.29, 1.82) is 0 Å². The van der Waals surface area contributed by atoms with Crippen molar-refractivity contribution in [1.82, 2.24) is 14.8 Å². The van der Waals surface area contributed by atoms with Gasteiger partial charge >= 0.3 is 0 Å². The van der Waals surface area contributed by atoms with E-state index in [1.54, 1.807) is 17.7 Å². The molecule has 4 aliphatic rings. The van der Waals surface area contributed by atoms with Crippen LogP contribution in [0.4, 0.5) is 0 Å². The van der Waals surface area contributed by atoms with Gasteiger partial charge in [0.05, 0.1) is 0 Å². The number of likely N-dealkylation sites (tertiary alicyclic amines) is 1. The lowest BCUT2D eigenvalue weighted by Gasteiger charge is -2.64. The number of piperidine rings is 1. The summed E-state index contributed by atoms with van der Waals surface area (Å²) in [5.74, 6) is 1.29. The van der Waals surface area contributed by atoms with Crippen molar-refractivity contribution in [2.24, 2.45) is 17.3 Å². The topological polar surface area (TPSA) is 56.4 Å². The number of aromatic nitrogens is 1. The molecule has 3 aliphatic carbocycles. The van der Waals surface area contributed by atoms with Crippen LogP contribution in [0.3, 0.4) is 0 Å². The van der Waals surface area contributed by atoms with Gasteiger partial charge in [-0.1, -0.05) is 37.3 Å². The van der Waals surface area contributed by atoms with Gasteiger partial charge in [0.25, 0.3) is 5.91 Å². The Balaban J connectivity index is 1.42. The number of nitrogens with one attached hydrogen (secondary N) is 1.